The molecule has 0 spiro atoms. The van der Waals surface area contributed by atoms with Crippen molar-refractivity contribution in [2.24, 2.45) is 5.14 Å². The molecule has 0 aromatic heterocycles. The summed E-state index contributed by atoms with van der Waals surface area (Å²) in [6.45, 7) is 5.55. The van der Waals surface area contributed by atoms with Crippen LogP contribution in [0.5, 0.6) is 0 Å². The van der Waals surface area contributed by atoms with Gasteiger partial charge in [0.05, 0.1) is 11.4 Å². The van der Waals surface area contributed by atoms with Crippen molar-refractivity contribution in [2.75, 3.05) is 13.1 Å². The standard InChI is InChI=1S/C15H23N3O4S/c1-11(2)18(12(3)19)10-15(20)17-9-8-13-4-6-14(7-5-13)23(16,21)22/h4-7,11H,8-10H2,1-3H3,(H,17,20)(H2,16,21,22). The van der Waals surface area contributed by atoms with Crippen molar-refractivity contribution in [3.05, 3.63) is 29.8 Å². The highest BCUT2D eigenvalue weighted by molar-refractivity contribution is 7.89. The maximum Gasteiger partial charge on any atom is 0.239 e. The summed E-state index contributed by atoms with van der Waals surface area (Å²) in [5.41, 5.74) is 0.880. The molecule has 128 valence electrons. The number of rotatable bonds is 7. The number of nitrogens with two attached hydrogens (primary N) is 1. The van der Waals surface area contributed by atoms with E-state index in [1.54, 1.807) is 12.1 Å². The SMILES string of the molecule is CC(=O)N(CC(=O)NCCc1ccc(S(N)(=O)=O)cc1)C(C)C. The van der Waals surface area contributed by atoms with Gasteiger partial charge in [0.1, 0.15) is 0 Å². The highest BCUT2D eigenvalue weighted by atomic mass is 32.2. The highest BCUT2D eigenvalue weighted by Gasteiger charge is 2.16. The van der Waals surface area contributed by atoms with Gasteiger partial charge in [-0.25, -0.2) is 13.6 Å². The van der Waals surface area contributed by atoms with Gasteiger partial charge in [-0.1, -0.05) is 12.1 Å². The van der Waals surface area contributed by atoms with Crippen LogP contribution < -0.4 is 10.5 Å². The van der Waals surface area contributed by atoms with Crippen molar-refractivity contribution in [1.82, 2.24) is 10.2 Å². The van der Waals surface area contributed by atoms with Gasteiger partial charge in [0, 0.05) is 19.5 Å². The molecule has 0 saturated carbocycles. The molecule has 0 heterocycles. The van der Waals surface area contributed by atoms with E-state index < -0.39 is 10.0 Å². The van der Waals surface area contributed by atoms with E-state index in [2.05, 4.69) is 5.32 Å². The van der Waals surface area contributed by atoms with Crippen LogP contribution in [-0.4, -0.2) is 44.3 Å². The second-order valence-corrected chi connectivity index (χ2v) is 7.09. The minimum absolute atomic E-state index is 0.0252. The summed E-state index contributed by atoms with van der Waals surface area (Å²) >= 11 is 0. The van der Waals surface area contributed by atoms with Crippen LogP contribution in [0.1, 0.15) is 26.3 Å². The van der Waals surface area contributed by atoms with E-state index in [4.69, 9.17) is 5.14 Å². The van der Waals surface area contributed by atoms with Crippen molar-refractivity contribution in [1.29, 1.82) is 0 Å². The number of hydrogen-bond acceptors (Lipinski definition) is 4. The van der Waals surface area contributed by atoms with Crippen molar-refractivity contribution in [3.8, 4) is 0 Å². The summed E-state index contributed by atoms with van der Waals surface area (Å²) in [5.74, 6) is -0.371. The number of sulfonamides is 1. The van der Waals surface area contributed by atoms with Crippen molar-refractivity contribution in [2.45, 2.75) is 38.1 Å². The minimum Gasteiger partial charge on any atom is -0.354 e. The summed E-state index contributed by atoms with van der Waals surface area (Å²) in [4.78, 5) is 24.8. The Bertz CT molecular complexity index is 654. The van der Waals surface area contributed by atoms with Crippen molar-refractivity contribution < 1.29 is 18.0 Å². The van der Waals surface area contributed by atoms with Gasteiger partial charge in [-0.2, -0.15) is 0 Å². The quantitative estimate of drug-likeness (QED) is 0.741. The second kappa shape index (κ2) is 8.07. The maximum atomic E-state index is 11.8. The summed E-state index contributed by atoms with van der Waals surface area (Å²) in [5, 5.41) is 7.77. The lowest BCUT2D eigenvalue weighted by molar-refractivity contribution is -0.135. The van der Waals surface area contributed by atoms with E-state index in [1.165, 1.54) is 24.0 Å². The monoisotopic (exact) mass is 341 g/mol. The molecular formula is C15H23N3O4S. The Balaban J connectivity index is 2.47. The Morgan fingerprint density at radius 3 is 2.22 bits per heavy atom. The Kier molecular flexibility index (Phi) is 6.71. The molecular weight excluding hydrogens is 318 g/mol. The molecule has 23 heavy (non-hydrogen) atoms. The van der Waals surface area contributed by atoms with E-state index in [1.807, 2.05) is 13.8 Å². The molecule has 0 aliphatic heterocycles. The number of nitrogens with zero attached hydrogens (tertiary/aromatic N) is 1. The smallest absolute Gasteiger partial charge is 0.239 e. The van der Waals surface area contributed by atoms with E-state index in [0.29, 0.717) is 13.0 Å². The van der Waals surface area contributed by atoms with Crippen LogP contribution >= 0.6 is 0 Å². The first-order valence-corrected chi connectivity index (χ1v) is 8.81. The fourth-order valence-electron chi connectivity index (χ4n) is 2.06. The van der Waals surface area contributed by atoms with Crippen LogP contribution in [0.3, 0.4) is 0 Å². The first-order chi connectivity index (χ1) is 10.6. The molecule has 0 radical (unpaired) electrons. The van der Waals surface area contributed by atoms with E-state index in [-0.39, 0.29) is 29.3 Å². The van der Waals surface area contributed by atoms with Crippen molar-refractivity contribution in [3.63, 3.8) is 0 Å². The van der Waals surface area contributed by atoms with Gasteiger partial charge in [0.15, 0.2) is 0 Å². The average molecular weight is 341 g/mol. The predicted molar refractivity (Wildman–Crippen MR) is 87.1 cm³/mol. The molecule has 8 heteroatoms. The van der Waals surface area contributed by atoms with Crippen LogP contribution in [0, 0.1) is 0 Å². The van der Waals surface area contributed by atoms with E-state index in [9.17, 15) is 18.0 Å². The number of benzene rings is 1. The molecule has 0 saturated heterocycles. The zero-order chi connectivity index (χ0) is 17.6. The van der Waals surface area contributed by atoms with Crippen molar-refractivity contribution >= 4 is 21.8 Å². The van der Waals surface area contributed by atoms with Gasteiger partial charge in [0.2, 0.25) is 21.8 Å². The third-order valence-corrected chi connectivity index (χ3v) is 4.26. The normalized spacial score (nSPS) is 11.3. The molecule has 1 aromatic rings. The van der Waals surface area contributed by atoms with Crippen LogP contribution in [0.2, 0.25) is 0 Å². The Labute approximate surface area is 136 Å². The predicted octanol–water partition coefficient (Wildman–Crippen LogP) is 0.250. The third-order valence-electron chi connectivity index (χ3n) is 3.33. The van der Waals surface area contributed by atoms with Crippen LogP contribution in [-0.2, 0) is 26.0 Å². The lowest BCUT2D eigenvalue weighted by Crippen LogP contribution is -2.43. The number of primary sulfonamides is 1. The topological polar surface area (TPSA) is 110 Å². The molecule has 1 rings (SSSR count). The van der Waals surface area contributed by atoms with Gasteiger partial charge < -0.3 is 10.2 Å². The van der Waals surface area contributed by atoms with Gasteiger partial charge in [0.25, 0.3) is 0 Å². The zero-order valence-corrected chi connectivity index (χ0v) is 14.4. The Hall–Kier alpha value is -1.93. The Morgan fingerprint density at radius 2 is 1.78 bits per heavy atom. The lowest BCUT2D eigenvalue weighted by Gasteiger charge is -2.24. The average Bonchev–Trinajstić information content (AvgIpc) is 2.43. The number of hydrogen-bond donors (Lipinski definition) is 2. The number of nitrogens with one attached hydrogen (secondary N) is 1. The number of carbonyl (C=O) groups is 2. The summed E-state index contributed by atoms with van der Waals surface area (Å²) in [7, 11) is -3.69. The van der Waals surface area contributed by atoms with Crippen LogP contribution in [0.25, 0.3) is 0 Å². The molecule has 2 amide bonds. The number of carbonyl (C=O) groups excluding carboxylic acids is 2. The first-order valence-electron chi connectivity index (χ1n) is 7.27. The maximum absolute atomic E-state index is 11.8. The number of amides is 2. The molecule has 3 N–H and O–H groups in total. The molecule has 0 atom stereocenters. The van der Waals surface area contributed by atoms with E-state index in [0.717, 1.165) is 5.56 Å². The van der Waals surface area contributed by atoms with Gasteiger partial charge in [-0.05, 0) is 38.0 Å². The molecule has 0 unspecified atom stereocenters. The first kappa shape index (κ1) is 19.1. The molecule has 0 bridgehead atoms. The van der Waals surface area contributed by atoms with Crippen LogP contribution in [0.15, 0.2) is 29.2 Å². The highest BCUT2D eigenvalue weighted by Crippen LogP contribution is 2.08. The summed E-state index contributed by atoms with van der Waals surface area (Å²) in [6.07, 6.45) is 0.554. The Morgan fingerprint density at radius 1 is 1.22 bits per heavy atom. The fourth-order valence-corrected chi connectivity index (χ4v) is 2.58. The lowest BCUT2D eigenvalue weighted by atomic mass is 10.1. The molecule has 0 aliphatic rings. The molecule has 0 aliphatic carbocycles. The minimum atomic E-state index is -3.69. The molecule has 7 nitrogen and oxygen atoms in total. The van der Waals surface area contributed by atoms with Gasteiger partial charge in [-0.15, -0.1) is 0 Å². The van der Waals surface area contributed by atoms with Crippen LogP contribution in [0.4, 0.5) is 0 Å². The zero-order valence-electron chi connectivity index (χ0n) is 13.6. The fraction of sp³-hybridized carbons (Fsp3) is 0.467. The van der Waals surface area contributed by atoms with Gasteiger partial charge >= 0.3 is 0 Å². The van der Waals surface area contributed by atoms with E-state index >= 15 is 0 Å². The molecule has 1 aromatic carbocycles. The second-order valence-electron chi connectivity index (χ2n) is 5.53. The van der Waals surface area contributed by atoms with Gasteiger partial charge in [-0.3, -0.25) is 9.59 Å². The summed E-state index contributed by atoms with van der Waals surface area (Å²) < 4.78 is 22.3. The largest absolute Gasteiger partial charge is 0.354 e. The third kappa shape index (κ3) is 6.37. The summed E-state index contributed by atoms with van der Waals surface area (Å²) in [6, 6.07) is 6.14. The molecule has 0 fully saturated rings.